The number of hydrogen-bond acceptors (Lipinski definition) is 4. The summed E-state index contributed by atoms with van der Waals surface area (Å²) in [7, 11) is 0. The number of fused-ring (bicyclic) bond motifs is 4. The number of amides is 3. The van der Waals surface area contributed by atoms with Gasteiger partial charge in [0.25, 0.3) is 5.91 Å². The molecular weight excluding hydrogens is 438 g/mol. The average molecular weight is 466 g/mol. The molecule has 3 aromatic rings. The van der Waals surface area contributed by atoms with Gasteiger partial charge in [-0.1, -0.05) is 85.8 Å². The SMILES string of the molecule is CC[C@@H]1N[C@]2(C(=O)N(Cc3ccccc3)c3ccccc32)[C@@H]2C(=O)N(Cc3ccccc3)C(=O)[C@@H]12. The lowest BCUT2D eigenvalue weighted by Crippen LogP contribution is -2.54. The number of anilines is 1. The Morgan fingerprint density at radius 2 is 1.31 bits per heavy atom. The first kappa shape index (κ1) is 21.7. The predicted molar refractivity (Wildman–Crippen MR) is 132 cm³/mol. The van der Waals surface area contributed by atoms with Gasteiger partial charge in [0.15, 0.2) is 0 Å². The Morgan fingerprint density at radius 3 is 1.94 bits per heavy atom. The molecule has 3 heterocycles. The lowest BCUT2D eigenvalue weighted by Gasteiger charge is -2.30. The van der Waals surface area contributed by atoms with Gasteiger partial charge in [0.2, 0.25) is 11.8 Å². The minimum absolute atomic E-state index is 0.156. The van der Waals surface area contributed by atoms with Crippen LogP contribution in [0, 0.1) is 11.8 Å². The van der Waals surface area contributed by atoms with Crippen LogP contribution in [-0.2, 0) is 33.0 Å². The lowest BCUT2D eigenvalue weighted by atomic mass is 9.76. The van der Waals surface area contributed by atoms with Gasteiger partial charge in [-0.2, -0.15) is 0 Å². The van der Waals surface area contributed by atoms with Gasteiger partial charge in [-0.15, -0.1) is 0 Å². The third-order valence-electron chi connectivity index (χ3n) is 7.76. The summed E-state index contributed by atoms with van der Waals surface area (Å²) in [6.45, 7) is 2.63. The third-order valence-corrected chi connectivity index (χ3v) is 7.76. The highest BCUT2D eigenvalue weighted by Crippen LogP contribution is 2.55. The highest BCUT2D eigenvalue weighted by molar-refractivity contribution is 6.16. The van der Waals surface area contributed by atoms with Crippen LogP contribution in [0.4, 0.5) is 5.69 Å². The maximum absolute atomic E-state index is 14.3. The summed E-state index contributed by atoms with van der Waals surface area (Å²) in [6.07, 6.45) is 0.648. The molecule has 6 rings (SSSR count). The third kappa shape index (κ3) is 3.09. The zero-order valence-corrected chi connectivity index (χ0v) is 19.6. The second-order valence-electron chi connectivity index (χ2n) is 9.61. The Labute approximate surface area is 204 Å². The second-order valence-corrected chi connectivity index (χ2v) is 9.61. The van der Waals surface area contributed by atoms with E-state index in [1.165, 1.54) is 4.90 Å². The van der Waals surface area contributed by atoms with E-state index in [0.29, 0.717) is 13.0 Å². The van der Waals surface area contributed by atoms with Crippen molar-refractivity contribution in [2.45, 2.75) is 38.0 Å². The molecule has 0 bridgehead atoms. The van der Waals surface area contributed by atoms with Crippen molar-refractivity contribution in [3.05, 3.63) is 102 Å². The highest BCUT2D eigenvalue weighted by atomic mass is 16.2. The Bertz CT molecular complexity index is 1310. The van der Waals surface area contributed by atoms with E-state index in [9.17, 15) is 14.4 Å². The van der Waals surface area contributed by atoms with Crippen molar-refractivity contribution in [2.24, 2.45) is 11.8 Å². The van der Waals surface area contributed by atoms with Crippen molar-refractivity contribution in [3.8, 4) is 0 Å². The van der Waals surface area contributed by atoms with E-state index in [2.05, 4.69) is 5.32 Å². The van der Waals surface area contributed by atoms with E-state index in [0.717, 1.165) is 22.4 Å². The van der Waals surface area contributed by atoms with Crippen molar-refractivity contribution in [3.63, 3.8) is 0 Å². The average Bonchev–Trinajstić information content (AvgIpc) is 3.46. The van der Waals surface area contributed by atoms with Gasteiger partial charge in [0.05, 0.1) is 24.9 Å². The van der Waals surface area contributed by atoms with Crippen LogP contribution in [0.1, 0.15) is 30.0 Å². The van der Waals surface area contributed by atoms with Gasteiger partial charge in [-0.3, -0.25) is 24.6 Å². The van der Waals surface area contributed by atoms with Gasteiger partial charge >= 0.3 is 0 Å². The quantitative estimate of drug-likeness (QED) is 0.585. The van der Waals surface area contributed by atoms with Crippen molar-refractivity contribution in [2.75, 3.05) is 4.90 Å². The number of para-hydroxylation sites is 1. The summed E-state index contributed by atoms with van der Waals surface area (Å²) in [5.41, 5.74) is 2.25. The van der Waals surface area contributed by atoms with Crippen molar-refractivity contribution < 1.29 is 14.4 Å². The zero-order valence-electron chi connectivity index (χ0n) is 19.6. The summed E-state index contributed by atoms with van der Waals surface area (Å²) in [4.78, 5) is 45.0. The second kappa shape index (κ2) is 8.17. The molecule has 35 heavy (non-hydrogen) atoms. The smallest absolute Gasteiger partial charge is 0.253 e. The molecule has 3 aliphatic rings. The molecule has 3 aromatic carbocycles. The summed E-state index contributed by atoms with van der Waals surface area (Å²) in [5, 5.41) is 3.53. The number of nitrogens with zero attached hydrogens (tertiary/aromatic N) is 2. The monoisotopic (exact) mass is 465 g/mol. The zero-order chi connectivity index (χ0) is 24.2. The molecule has 0 aromatic heterocycles. The molecule has 6 nitrogen and oxygen atoms in total. The molecular formula is C29H27N3O3. The molecule has 6 heteroatoms. The number of carbonyl (C=O) groups is 3. The number of rotatable bonds is 5. The molecule has 0 unspecified atom stereocenters. The van der Waals surface area contributed by atoms with Crippen LogP contribution < -0.4 is 10.2 Å². The molecule has 3 amide bonds. The normalized spacial score (nSPS) is 27.1. The van der Waals surface area contributed by atoms with E-state index in [1.54, 1.807) is 4.90 Å². The summed E-state index contributed by atoms with van der Waals surface area (Å²) in [6, 6.07) is 26.8. The number of imide groups is 1. The fraction of sp³-hybridized carbons (Fsp3) is 0.276. The maximum atomic E-state index is 14.3. The molecule has 0 saturated carbocycles. The maximum Gasteiger partial charge on any atom is 0.253 e. The molecule has 0 aliphatic carbocycles. The summed E-state index contributed by atoms with van der Waals surface area (Å²) in [5.74, 6) is -1.94. The van der Waals surface area contributed by atoms with Crippen LogP contribution >= 0.6 is 0 Å². The minimum atomic E-state index is -1.24. The first-order valence-electron chi connectivity index (χ1n) is 12.2. The first-order chi connectivity index (χ1) is 17.1. The number of nitrogens with one attached hydrogen (secondary N) is 1. The topological polar surface area (TPSA) is 69.7 Å². The van der Waals surface area contributed by atoms with Crippen LogP contribution in [-0.4, -0.2) is 28.7 Å². The van der Waals surface area contributed by atoms with Gasteiger partial charge in [0, 0.05) is 17.3 Å². The molecule has 4 atom stereocenters. The van der Waals surface area contributed by atoms with E-state index in [1.807, 2.05) is 91.9 Å². The number of benzene rings is 3. The number of carbonyl (C=O) groups excluding carboxylic acids is 3. The summed E-state index contributed by atoms with van der Waals surface area (Å²) >= 11 is 0. The van der Waals surface area contributed by atoms with Gasteiger partial charge in [-0.05, 0) is 23.6 Å². The number of hydrogen-bond donors (Lipinski definition) is 1. The molecule has 1 N–H and O–H groups in total. The predicted octanol–water partition coefficient (Wildman–Crippen LogP) is 3.61. The summed E-state index contributed by atoms with van der Waals surface area (Å²) < 4.78 is 0. The van der Waals surface area contributed by atoms with Gasteiger partial charge in [0.1, 0.15) is 5.54 Å². The molecule has 1 spiro atoms. The standard InChI is InChI=1S/C29H27N3O3/c1-2-22-24-25(27(34)32(26(24)33)18-20-13-7-4-8-14-20)29(30-22)21-15-9-10-16-23(21)31(28(29)35)17-19-11-5-3-6-12-19/h3-16,22,24-25,30H,2,17-18H2,1H3/t22-,24-,25-,29-/m0/s1. The van der Waals surface area contributed by atoms with E-state index < -0.39 is 17.4 Å². The molecule has 2 saturated heterocycles. The van der Waals surface area contributed by atoms with Crippen molar-refractivity contribution in [1.29, 1.82) is 0 Å². The Morgan fingerprint density at radius 1 is 0.743 bits per heavy atom. The Hall–Kier alpha value is -3.77. The number of likely N-dealkylation sites (tertiary alicyclic amines) is 1. The fourth-order valence-electron chi connectivity index (χ4n) is 6.20. The molecule has 0 radical (unpaired) electrons. The minimum Gasteiger partial charge on any atom is -0.306 e. The van der Waals surface area contributed by atoms with Crippen molar-refractivity contribution >= 4 is 23.4 Å². The fourth-order valence-corrected chi connectivity index (χ4v) is 6.20. The lowest BCUT2D eigenvalue weighted by molar-refractivity contribution is -0.143. The Kier molecular flexibility index (Phi) is 5.07. The van der Waals surface area contributed by atoms with E-state index in [-0.39, 0.29) is 30.3 Å². The van der Waals surface area contributed by atoms with Gasteiger partial charge in [-0.25, -0.2) is 0 Å². The van der Waals surface area contributed by atoms with E-state index in [4.69, 9.17) is 0 Å². The van der Waals surface area contributed by atoms with Gasteiger partial charge < -0.3 is 4.90 Å². The first-order valence-corrected chi connectivity index (χ1v) is 12.2. The van der Waals surface area contributed by atoms with Crippen LogP contribution in [0.15, 0.2) is 84.9 Å². The molecule has 3 aliphatic heterocycles. The molecule has 176 valence electrons. The van der Waals surface area contributed by atoms with E-state index >= 15 is 0 Å². The van der Waals surface area contributed by atoms with Crippen molar-refractivity contribution in [1.82, 2.24) is 10.2 Å². The van der Waals surface area contributed by atoms with Crippen LogP contribution in [0.25, 0.3) is 0 Å². The van der Waals surface area contributed by atoms with Crippen LogP contribution in [0.3, 0.4) is 0 Å². The largest absolute Gasteiger partial charge is 0.306 e. The van der Waals surface area contributed by atoms with Crippen LogP contribution in [0.5, 0.6) is 0 Å². The highest BCUT2D eigenvalue weighted by Gasteiger charge is 2.71. The molecule has 2 fully saturated rings. The Balaban J connectivity index is 1.44. The van der Waals surface area contributed by atoms with Crippen LogP contribution in [0.2, 0.25) is 0 Å².